The highest BCUT2D eigenvalue weighted by atomic mass is 16.5. The number of aromatic nitrogens is 2. The lowest BCUT2D eigenvalue weighted by atomic mass is 9.72. The van der Waals surface area contributed by atoms with Crippen molar-refractivity contribution in [3.05, 3.63) is 11.7 Å². The van der Waals surface area contributed by atoms with Crippen molar-refractivity contribution in [3.8, 4) is 0 Å². The number of carboxylic acids is 2. The Morgan fingerprint density at radius 2 is 2.00 bits per heavy atom. The molecule has 3 saturated heterocycles. The molecule has 0 spiro atoms. The normalized spacial score (nSPS) is 25.6. The van der Waals surface area contributed by atoms with Gasteiger partial charge in [0.1, 0.15) is 0 Å². The molecule has 4 heterocycles. The standard InChI is InChI=1S/C12H19N3O.C2H2O4/c1-2-3-5-10-13-11(16-14-10)12-6-4-7-15(8-12)9-12;3-1(4)2(5)6/h2-9H2,1H3;(H,3,4)(H,5,6). The third-order valence-corrected chi connectivity index (χ3v) is 4.04. The molecular weight excluding hydrogens is 290 g/mol. The fraction of sp³-hybridized carbons (Fsp3) is 0.714. The van der Waals surface area contributed by atoms with Crippen LogP contribution in [0, 0.1) is 0 Å². The molecule has 2 bridgehead atoms. The zero-order valence-corrected chi connectivity index (χ0v) is 12.6. The van der Waals surface area contributed by atoms with Gasteiger partial charge in [-0.2, -0.15) is 4.98 Å². The summed E-state index contributed by atoms with van der Waals surface area (Å²) in [6, 6.07) is 0. The number of piperidine rings is 2. The third kappa shape index (κ3) is 3.62. The van der Waals surface area contributed by atoms with E-state index in [9.17, 15) is 0 Å². The Balaban J connectivity index is 0.000000254. The van der Waals surface area contributed by atoms with E-state index < -0.39 is 11.9 Å². The summed E-state index contributed by atoms with van der Waals surface area (Å²) in [6.45, 7) is 5.69. The van der Waals surface area contributed by atoms with Crippen molar-refractivity contribution in [1.82, 2.24) is 15.0 Å². The lowest BCUT2D eigenvalue weighted by Gasteiger charge is -2.52. The lowest BCUT2D eigenvalue weighted by molar-refractivity contribution is -0.159. The number of rotatable bonds is 4. The van der Waals surface area contributed by atoms with Gasteiger partial charge in [0.15, 0.2) is 5.82 Å². The molecule has 8 heteroatoms. The first kappa shape index (κ1) is 16.4. The number of carbonyl (C=O) groups is 2. The van der Waals surface area contributed by atoms with Crippen molar-refractivity contribution in [2.24, 2.45) is 0 Å². The van der Waals surface area contributed by atoms with Crippen molar-refractivity contribution >= 4 is 11.9 Å². The Morgan fingerprint density at radius 3 is 2.50 bits per heavy atom. The highest BCUT2D eigenvalue weighted by Crippen LogP contribution is 2.41. The molecular formula is C14H21N3O5. The van der Waals surface area contributed by atoms with E-state index in [1.165, 1.54) is 25.8 Å². The van der Waals surface area contributed by atoms with Crippen LogP contribution in [0.2, 0.25) is 0 Å². The van der Waals surface area contributed by atoms with Crippen LogP contribution in [0.25, 0.3) is 0 Å². The molecule has 0 aromatic carbocycles. The maximum Gasteiger partial charge on any atom is 0.414 e. The van der Waals surface area contributed by atoms with Gasteiger partial charge in [-0.25, -0.2) is 9.59 Å². The zero-order chi connectivity index (χ0) is 16.2. The minimum absolute atomic E-state index is 0.218. The average Bonchev–Trinajstić information content (AvgIpc) is 2.94. The van der Waals surface area contributed by atoms with Crippen LogP contribution in [-0.4, -0.2) is 56.8 Å². The number of aryl methyl sites for hydroxylation is 1. The molecule has 0 amide bonds. The van der Waals surface area contributed by atoms with E-state index in [0.29, 0.717) is 0 Å². The van der Waals surface area contributed by atoms with Gasteiger partial charge in [0, 0.05) is 19.5 Å². The summed E-state index contributed by atoms with van der Waals surface area (Å²) >= 11 is 0. The van der Waals surface area contributed by atoms with Gasteiger partial charge in [0.25, 0.3) is 0 Å². The van der Waals surface area contributed by atoms with Crippen molar-refractivity contribution in [2.45, 2.75) is 44.4 Å². The van der Waals surface area contributed by atoms with Crippen molar-refractivity contribution in [3.63, 3.8) is 0 Å². The lowest BCUT2D eigenvalue weighted by Crippen LogP contribution is -2.63. The quantitative estimate of drug-likeness (QED) is 0.788. The predicted molar refractivity (Wildman–Crippen MR) is 75.5 cm³/mol. The molecule has 122 valence electrons. The Hall–Kier alpha value is -1.96. The molecule has 0 aliphatic carbocycles. The second kappa shape index (κ2) is 6.87. The number of hydrogen-bond donors (Lipinski definition) is 2. The first-order chi connectivity index (χ1) is 10.5. The SMILES string of the molecule is CCCCc1noc(C23CCCN(C2)C3)n1.O=C(O)C(=O)O. The Bertz CT molecular complexity index is 519. The Morgan fingerprint density at radius 1 is 1.32 bits per heavy atom. The molecule has 4 rings (SSSR count). The summed E-state index contributed by atoms with van der Waals surface area (Å²) < 4.78 is 5.45. The minimum Gasteiger partial charge on any atom is -0.473 e. The van der Waals surface area contributed by atoms with E-state index in [0.717, 1.165) is 37.6 Å². The topological polar surface area (TPSA) is 117 Å². The number of unbranched alkanes of at least 4 members (excludes halogenated alkanes) is 1. The van der Waals surface area contributed by atoms with E-state index in [1.54, 1.807) is 0 Å². The molecule has 0 unspecified atom stereocenters. The summed E-state index contributed by atoms with van der Waals surface area (Å²) in [6.07, 6.45) is 5.78. The molecule has 1 aromatic heterocycles. The number of nitrogens with zero attached hydrogens (tertiary/aromatic N) is 3. The van der Waals surface area contributed by atoms with Gasteiger partial charge < -0.3 is 19.6 Å². The van der Waals surface area contributed by atoms with Crippen molar-refractivity contribution in [2.75, 3.05) is 19.6 Å². The highest BCUT2D eigenvalue weighted by molar-refractivity contribution is 6.27. The number of aliphatic carboxylic acids is 2. The largest absolute Gasteiger partial charge is 0.473 e. The molecule has 2 N–H and O–H groups in total. The average molecular weight is 311 g/mol. The van der Waals surface area contributed by atoms with E-state index >= 15 is 0 Å². The maximum absolute atomic E-state index is 9.10. The number of carboxylic acid groups (broad SMARTS) is 2. The van der Waals surface area contributed by atoms with Crippen molar-refractivity contribution < 1.29 is 24.3 Å². The monoisotopic (exact) mass is 311 g/mol. The summed E-state index contributed by atoms with van der Waals surface area (Å²) in [5.74, 6) is -1.85. The van der Waals surface area contributed by atoms with Crippen LogP contribution < -0.4 is 0 Å². The van der Waals surface area contributed by atoms with Gasteiger partial charge in [-0.15, -0.1) is 0 Å². The van der Waals surface area contributed by atoms with Gasteiger partial charge in [-0.1, -0.05) is 18.5 Å². The van der Waals surface area contributed by atoms with Crippen LogP contribution in [0.4, 0.5) is 0 Å². The first-order valence-corrected chi connectivity index (χ1v) is 7.48. The van der Waals surface area contributed by atoms with Crippen LogP contribution >= 0.6 is 0 Å². The second-order valence-electron chi connectivity index (χ2n) is 5.82. The van der Waals surface area contributed by atoms with Crippen LogP contribution in [0.3, 0.4) is 0 Å². The number of fused-ring (bicyclic) bond motifs is 2. The third-order valence-electron chi connectivity index (χ3n) is 4.04. The highest BCUT2D eigenvalue weighted by Gasteiger charge is 2.50. The van der Waals surface area contributed by atoms with E-state index in [4.69, 9.17) is 24.3 Å². The van der Waals surface area contributed by atoms with Gasteiger partial charge >= 0.3 is 11.9 Å². The summed E-state index contributed by atoms with van der Waals surface area (Å²) in [5.41, 5.74) is 0.218. The first-order valence-electron chi connectivity index (χ1n) is 7.48. The Labute approximate surface area is 128 Å². The van der Waals surface area contributed by atoms with E-state index in [2.05, 4.69) is 22.0 Å². The predicted octanol–water partition coefficient (Wildman–Crippen LogP) is 0.915. The van der Waals surface area contributed by atoms with Gasteiger partial charge in [0.05, 0.1) is 5.41 Å². The molecule has 8 nitrogen and oxygen atoms in total. The fourth-order valence-electron chi connectivity index (χ4n) is 2.92. The molecule has 3 aliphatic heterocycles. The molecule has 0 atom stereocenters. The van der Waals surface area contributed by atoms with Crippen LogP contribution in [0.15, 0.2) is 4.52 Å². The van der Waals surface area contributed by atoms with Crippen LogP contribution in [0.5, 0.6) is 0 Å². The molecule has 0 radical (unpaired) electrons. The molecule has 22 heavy (non-hydrogen) atoms. The molecule has 3 aliphatic rings. The molecule has 3 fully saturated rings. The van der Waals surface area contributed by atoms with Gasteiger partial charge in [-0.05, 0) is 25.8 Å². The summed E-state index contributed by atoms with van der Waals surface area (Å²) in [4.78, 5) is 25.2. The fourth-order valence-corrected chi connectivity index (χ4v) is 2.92. The Kier molecular flexibility index (Phi) is 5.12. The number of hydrogen-bond acceptors (Lipinski definition) is 6. The van der Waals surface area contributed by atoms with Gasteiger partial charge in [-0.3, -0.25) is 0 Å². The minimum atomic E-state index is -1.82. The summed E-state index contributed by atoms with van der Waals surface area (Å²) in [7, 11) is 0. The smallest absolute Gasteiger partial charge is 0.414 e. The van der Waals surface area contributed by atoms with Gasteiger partial charge in [0.2, 0.25) is 5.89 Å². The van der Waals surface area contributed by atoms with Crippen LogP contribution in [0.1, 0.15) is 44.3 Å². The maximum atomic E-state index is 9.10. The molecule has 0 saturated carbocycles. The van der Waals surface area contributed by atoms with Crippen LogP contribution in [-0.2, 0) is 21.4 Å². The second-order valence-corrected chi connectivity index (χ2v) is 5.82. The molecule has 1 aromatic rings. The van der Waals surface area contributed by atoms with E-state index in [-0.39, 0.29) is 5.41 Å². The van der Waals surface area contributed by atoms with Crippen molar-refractivity contribution in [1.29, 1.82) is 0 Å². The zero-order valence-electron chi connectivity index (χ0n) is 12.6. The van der Waals surface area contributed by atoms with E-state index in [1.807, 2.05) is 0 Å². The summed E-state index contributed by atoms with van der Waals surface area (Å²) in [5, 5.41) is 18.9.